The first-order valence-electron chi connectivity index (χ1n) is 8.42. The fourth-order valence-corrected chi connectivity index (χ4v) is 2.57. The van der Waals surface area contributed by atoms with Crippen molar-refractivity contribution < 1.29 is 19.1 Å². The lowest BCUT2D eigenvalue weighted by Gasteiger charge is -2.12. The molecule has 0 radical (unpaired) electrons. The molecule has 0 aliphatic rings. The molecule has 0 N–H and O–H groups in total. The quantitative estimate of drug-likeness (QED) is 0.496. The summed E-state index contributed by atoms with van der Waals surface area (Å²) in [7, 11) is 0. The van der Waals surface area contributed by atoms with Crippen molar-refractivity contribution in [3.8, 4) is 5.75 Å². The second kappa shape index (κ2) is 7.78. The molecular formula is C21H19NO4. The highest BCUT2D eigenvalue weighted by atomic mass is 16.5. The molecule has 0 bridgehead atoms. The monoisotopic (exact) mass is 349 g/mol. The van der Waals surface area contributed by atoms with Crippen LogP contribution in [-0.4, -0.2) is 29.4 Å². The van der Waals surface area contributed by atoms with Crippen LogP contribution in [0.15, 0.2) is 60.7 Å². The molecule has 5 nitrogen and oxygen atoms in total. The van der Waals surface area contributed by atoms with E-state index in [0.29, 0.717) is 23.4 Å². The summed E-state index contributed by atoms with van der Waals surface area (Å²) in [6.07, 6.45) is -0.909. The first-order chi connectivity index (χ1) is 12.6. The lowest BCUT2D eigenvalue weighted by atomic mass is 10.1. The van der Waals surface area contributed by atoms with Crippen molar-refractivity contribution in [1.29, 1.82) is 0 Å². The van der Waals surface area contributed by atoms with Crippen LogP contribution >= 0.6 is 0 Å². The van der Waals surface area contributed by atoms with E-state index in [1.807, 2.05) is 31.2 Å². The average molecular weight is 349 g/mol. The number of hydrogen-bond donors (Lipinski definition) is 0. The number of benzene rings is 2. The van der Waals surface area contributed by atoms with E-state index in [1.54, 1.807) is 43.3 Å². The Bertz CT molecular complexity index is 934. The predicted octanol–water partition coefficient (Wildman–Crippen LogP) is 4.06. The van der Waals surface area contributed by atoms with Gasteiger partial charge in [0.05, 0.1) is 12.1 Å². The minimum Gasteiger partial charge on any atom is -0.494 e. The average Bonchev–Trinajstić information content (AvgIpc) is 2.67. The predicted molar refractivity (Wildman–Crippen MR) is 98.6 cm³/mol. The third kappa shape index (κ3) is 3.88. The Labute approximate surface area is 151 Å². The molecule has 0 unspecified atom stereocenters. The highest BCUT2D eigenvalue weighted by molar-refractivity contribution is 6.01. The Hall–Kier alpha value is -3.21. The van der Waals surface area contributed by atoms with E-state index in [4.69, 9.17) is 9.47 Å². The molecule has 0 saturated carbocycles. The van der Waals surface area contributed by atoms with Crippen LogP contribution < -0.4 is 4.74 Å². The summed E-state index contributed by atoms with van der Waals surface area (Å²) in [4.78, 5) is 29.1. The summed E-state index contributed by atoms with van der Waals surface area (Å²) in [6, 6.07) is 17.6. The van der Waals surface area contributed by atoms with Crippen LogP contribution in [0.25, 0.3) is 10.9 Å². The topological polar surface area (TPSA) is 65.5 Å². The minimum atomic E-state index is -0.909. The van der Waals surface area contributed by atoms with Crippen molar-refractivity contribution in [2.45, 2.75) is 20.0 Å². The van der Waals surface area contributed by atoms with Gasteiger partial charge in [-0.05, 0) is 50.2 Å². The first kappa shape index (κ1) is 17.6. The normalized spacial score (nSPS) is 11.8. The number of fused-ring (bicyclic) bond motifs is 1. The molecule has 1 atom stereocenters. The maximum absolute atomic E-state index is 12.5. The smallest absolute Gasteiger partial charge is 0.357 e. The molecule has 0 amide bonds. The van der Waals surface area contributed by atoms with E-state index in [-0.39, 0.29) is 11.5 Å². The van der Waals surface area contributed by atoms with Gasteiger partial charge in [0, 0.05) is 10.9 Å². The van der Waals surface area contributed by atoms with Crippen LogP contribution in [0.4, 0.5) is 0 Å². The standard InChI is InChI=1S/C21H19NO4/c1-3-25-17-11-8-16(9-12-17)20(23)14(2)26-21(24)19-13-10-15-6-4-5-7-18(15)22-19/h4-14H,3H2,1-2H3/t14-/m1/s1. The number of hydrogen-bond acceptors (Lipinski definition) is 5. The molecule has 0 fully saturated rings. The second-order valence-corrected chi connectivity index (χ2v) is 5.76. The number of carbonyl (C=O) groups excluding carboxylic acids is 2. The fourth-order valence-electron chi connectivity index (χ4n) is 2.57. The minimum absolute atomic E-state index is 0.176. The highest BCUT2D eigenvalue weighted by Crippen LogP contribution is 2.16. The van der Waals surface area contributed by atoms with Crippen molar-refractivity contribution >= 4 is 22.7 Å². The maximum atomic E-state index is 12.5. The van der Waals surface area contributed by atoms with E-state index in [1.165, 1.54) is 0 Å². The van der Waals surface area contributed by atoms with Crippen LogP contribution in [0.1, 0.15) is 34.7 Å². The summed E-state index contributed by atoms with van der Waals surface area (Å²) >= 11 is 0. The van der Waals surface area contributed by atoms with E-state index in [2.05, 4.69) is 4.98 Å². The summed E-state index contributed by atoms with van der Waals surface area (Å²) in [5, 5.41) is 0.933. The molecule has 2 aromatic carbocycles. The van der Waals surface area contributed by atoms with Gasteiger partial charge < -0.3 is 9.47 Å². The van der Waals surface area contributed by atoms with Gasteiger partial charge in [0.1, 0.15) is 11.4 Å². The van der Waals surface area contributed by atoms with Crippen LogP contribution in [0.2, 0.25) is 0 Å². The number of rotatable bonds is 6. The number of ketones is 1. The van der Waals surface area contributed by atoms with Gasteiger partial charge in [-0.3, -0.25) is 4.79 Å². The van der Waals surface area contributed by atoms with E-state index in [9.17, 15) is 9.59 Å². The molecule has 0 saturated heterocycles. The Morgan fingerprint density at radius 3 is 2.46 bits per heavy atom. The zero-order chi connectivity index (χ0) is 18.5. The van der Waals surface area contributed by atoms with E-state index in [0.717, 1.165) is 5.39 Å². The molecule has 3 aromatic rings. The van der Waals surface area contributed by atoms with Gasteiger partial charge in [0.15, 0.2) is 6.10 Å². The van der Waals surface area contributed by atoms with Gasteiger partial charge in [-0.25, -0.2) is 9.78 Å². The summed E-state index contributed by atoms with van der Waals surface area (Å²) < 4.78 is 10.7. The number of esters is 1. The van der Waals surface area contributed by atoms with Gasteiger partial charge in [0.2, 0.25) is 5.78 Å². The summed E-state index contributed by atoms with van der Waals surface area (Å²) in [5.74, 6) is -0.209. The Morgan fingerprint density at radius 1 is 1.00 bits per heavy atom. The Kier molecular flexibility index (Phi) is 5.27. The molecular weight excluding hydrogens is 330 g/mol. The molecule has 0 aliphatic carbocycles. The first-order valence-corrected chi connectivity index (χ1v) is 8.42. The van der Waals surface area contributed by atoms with Crippen LogP contribution in [0, 0.1) is 0 Å². The maximum Gasteiger partial charge on any atom is 0.357 e. The number of pyridine rings is 1. The number of ether oxygens (including phenoxy) is 2. The van der Waals surface area contributed by atoms with Crippen molar-refractivity contribution in [3.05, 3.63) is 71.9 Å². The van der Waals surface area contributed by atoms with Crippen molar-refractivity contribution in [2.75, 3.05) is 6.61 Å². The zero-order valence-electron chi connectivity index (χ0n) is 14.6. The Morgan fingerprint density at radius 2 is 1.73 bits per heavy atom. The molecule has 132 valence electrons. The van der Waals surface area contributed by atoms with Crippen LogP contribution in [-0.2, 0) is 4.74 Å². The second-order valence-electron chi connectivity index (χ2n) is 5.76. The largest absolute Gasteiger partial charge is 0.494 e. The molecule has 1 aromatic heterocycles. The fraction of sp³-hybridized carbons (Fsp3) is 0.190. The van der Waals surface area contributed by atoms with Gasteiger partial charge in [-0.2, -0.15) is 0 Å². The molecule has 1 heterocycles. The molecule has 0 spiro atoms. The van der Waals surface area contributed by atoms with Gasteiger partial charge in [0.25, 0.3) is 0 Å². The zero-order valence-corrected chi connectivity index (χ0v) is 14.6. The van der Waals surface area contributed by atoms with E-state index < -0.39 is 12.1 Å². The van der Waals surface area contributed by atoms with Gasteiger partial charge >= 0.3 is 5.97 Å². The SMILES string of the molecule is CCOc1ccc(C(=O)[C@@H](C)OC(=O)c2ccc3ccccc3n2)cc1. The molecule has 0 aliphatic heterocycles. The number of nitrogens with zero attached hydrogens (tertiary/aromatic N) is 1. The number of carbonyl (C=O) groups is 2. The molecule has 5 heteroatoms. The third-order valence-corrected chi connectivity index (χ3v) is 3.91. The van der Waals surface area contributed by atoms with Crippen LogP contribution in [0.3, 0.4) is 0 Å². The number of Topliss-reactive ketones (excluding diaryl/α,β-unsaturated/α-hetero) is 1. The highest BCUT2D eigenvalue weighted by Gasteiger charge is 2.21. The summed E-state index contributed by atoms with van der Waals surface area (Å²) in [6.45, 7) is 4.00. The van der Waals surface area contributed by atoms with Crippen molar-refractivity contribution in [1.82, 2.24) is 4.98 Å². The number of para-hydroxylation sites is 1. The molecule has 26 heavy (non-hydrogen) atoms. The number of aromatic nitrogens is 1. The lowest BCUT2D eigenvalue weighted by molar-refractivity contribution is 0.0313. The van der Waals surface area contributed by atoms with Crippen LogP contribution in [0.5, 0.6) is 5.75 Å². The third-order valence-electron chi connectivity index (χ3n) is 3.91. The van der Waals surface area contributed by atoms with E-state index >= 15 is 0 Å². The van der Waals surface area contributed by atoms with Crippen molar-refractivity contribution in [2.24, 2.45) is 0 Å². The summed E-state index contributed by atoms with van der Waals surface area (Å²) in [5.41, 5.74) is 1.34. The van der Waals surface area contributed by atoms with Gasteiger partial charge in [-0.1, -0.05) is 24.3 Å². The van der Waals surface area contributed by atoms with Gasteiger partial charge in [-0.15, -0.1) is 0 Å². The Balaban J connectivity index is 1.70. The molecule has 3 rings (SSSR count). The van der Waals surface area contributed by atoms with Crippen molar-refractivity contribution in [3.63, 3.8) is 0 Å². The lowest BCUT2D eigenvalue weighted by Crippen LogP contribution is -2.24.